The quantitative estimate of drug-likeness (QED) is 0.339. The van der Waals surface area contributed by atoms with E-state index >= 15 is 0 Å². The summed E-state index contributed by atoms with van der Waals surface area (Å²) >= 11 is 0. The SMILES string of the molecule is CC[C@@H](C)NC(=O)[C@@H](Cc1ccccc1)N(Cc1cccc(C)c1)C(=O)CN(c1cccc(C)c1C)S(C)(=O)=O. The van der Waals surface area contributed by atoms with E-state index in [0.29, 0.717) is 12.1 Å². The van der Waals surface area contributed by atoms with Crippen molar-refractivity contribution >= 4 is 27.5 Å². The van der Waals surface area contributed by atoms with Crippen molar-refractivity contribution in [3.63, 3.8) is 0 Å². The summed E-state index contributed by atoms with van der Waals surface area (Å²) in [6, 6.07) is 21.8. The summed E-state index contributed by atoms with van der Waals surface area (Å²) in [6.45, 7) is 9.37. The largest absolute Gasteiger partial charge is 0.352 e. The van der Waals surface area contributed by atoms with Gasteiger partial charge in [0.05, 0.1) is 11.9 Å². The van der Waals surface area contributed by atoms with Crippen LogP contribution in [0.15, 0.2) is 72.8 Å². The van der Waals surface area contributed by atoms with Gasteiger partial charge in [-0.2, -0.15) is 0 Å². The van der Waals surface area contributed by atoms with E-state index in [-0.39, 0.29) is 18.5 Å². The Morgan fingerprint density at radius 3 is 2.17 bits per heavy atom. The van der Waals surface area contributed by atoms with E-state index in [1.165, 1.54) is 4.90 Å². The highest BCUT2D eigenvalue weighted by Gasteiger charge is 2.33. The number of nitrogens with zero attached hydrogens (tertiary/aromatic N) is 2. The number of benzene rings is 3. The average molecular weight is 564 g/mol. The molecule has 3 aromatic carbocycles. The summed E-state index contributed by atoms with van der Waals surface area (Å²) in [4.78, 5) is 29.5. The van der Waals surface area contributed by atoms with Crippen molar-refractivity contribution < 1.29 is 18.0 Å². The highest BCUT2D eigenvalue weighted by atomic mass is 32.2. The monoisotopic (exact) mass is 563 g/mol. The van der Waals surface area contributed by atoms with Crippen molar-refractivity contribution in [2.45, 2.75) is 66.1 Å². The van der Waals surface area contributed by atoms with E-state index in [9.17, 15) is 18.0 Å². The highest BCUT2D eigenvalue weighted by Crippen LogP contribution is 2.26. The van der Waals surface area contributed by atoms with E-state index < -0.39 is 28.5 Å². The second-order valence-corrected chi connectivity index (χ2v) is 12.4. The van der Waals surface area contributed by atoms with Crippen molar-refractivity contribution in [1.29, 1.82) is 0 Å². The van der Waals surface area contributed by atoms with Crippen LogP contribution in [-0.2, 0) is 32.6 Å². The third kappa shape index (κ3) is 8.18. The van der Waals surface area contributed by atoms with Gasteiger partial charge in [-0.3, -0.25) is 13.9 Å². The average Bonchev–Trinajstić information content (AvgIpc) is 2.90. The number of carbonyl (C=O) groups excluding carboxylic acids is 2. The summed E-state index contributed by atoms with van der Waals surface area (Å²) < 4.78 is 27.2. The third-order valence-electron chi connectivity index (χ3n) is 7.23. The topological polar surface area (TPSA) is 86.8 Å². The number of aryl methyl sites for hydroxylation is 2. The zero-order valence-electron chi connectivity index (χ0n) is 24.3. The van der Waals surface area contributed by atoms with E-state index in [4.69, 9.17) is 0 Å². The van der Waals surface area contributed by atoms with E-state index in [1.807, 2.05) is 95.3 Å². The van der Waals surface area contributed by atoms with Crippen molar-refractivity contribution in [3.8, 4) is 0 Å². The molecule has 0 fully saturated rings. The lowest BCUT2D eigenvalue weighted by molar-refractivity contribution is -0.140. The first-order valence-electron chi connectivity index (χ1n) is 13.6. The fraction of sp³-hybridized carbons (Fsp3) is 0.375. The maximum absolute atomic E-state index is 14.2. The number of carbonyl (C=O) groups is 2. The van der Waals surface area contributed by atoms with Crippen LogP contribution < -0.4 is 9.62 Å². The summed E-state index contributed by atoms with van der Waals surface area (Å²) in [5.41, 5.74) is 4.95. The van der Waals surface area contributed by atoms with Crippen LogP contribution >= 0.6 is 0 Å². The van der Waals surface area contributed by atoms with E-state index in [0.717, 1.165) is 44.8 Å². The normalized spacial score (nSPS) is 12.8. The van der Waals surface area contributed by atoms with Gasteiger partial charge in [0.25, 0.3) is 0 Å². The predicted octanol–water partition coefficient (Wildman–Crippen LogP) is 4.93. The minimum atomic E-state index is -3.81. The van der Waals surface area contributed by atoms with Crippen molar-refractivity contribution in [1.82, 2.24) is 10.2 Å². The lowest BCUT2D eigenvalue weighted by Crippen LogP contribution is -2.54. The molecule has 0 radical (unpaired) electrons. The van der Waals surface area contributed by atoms with Crippen LogP contribution in [0, 0.1) is 20.8 Å². The molecule has 0 heterocycles. The Labute approximate surface area is 239 Å². The van der Waals surface area contributed by atoms with E-state index in [1.54, 1.807) is 12.1 Å². The molecule has 0 saturated heterocycles. The highest BCUT2D eigenvalue weighted by molar-refractivity contribution is 7.92. The second kappa shape index (κ2) is 13.6. The van der Waals surface area contributed by atoms with Crippen molar-refractivity contribution in [2.24, 2.45) is 0 Å². The molecule has 0 aliphatic carbocycles. The van der Waals surface area contributed by atoms with Gasteiger partial charge in [0, 0.05) is 19.0 Å². The molecule has 0 saturated carbocycles. The summed E-state index contributed by atoms with van der Waals surface area (Å²) in [7, 11) is -3.81. The van der Waals surface area contributed by atoms with Gasteiger partial charge in [0.2, 0.25) is 21.8 Å². The van der Waals surface area contributed by atoms with Gasteiger partial charge in [-0.25, -0.2) is 8.42 Å². The van der Waals surface area contributed by atoms with Gasteiger partial charge in [-0.15, -0.1) is 0 Å². The second-order valence-electron chi connectivity index (χ2n) is 10.5. The van der Waals surface area contributed by atoms with Crippen LogP contribution in [0.2, 0.25) is 0 Å². The number of nitrogens with one attached hydrogen (secondary N) is 1. The molecule has 0 spiro atoms. The number of anilines is 1. The van der Waals surface area contributed by atoms with Crippen LogP contribution in [-0.4, -0.2) is 50.0 Å². The van der Waals surface area contributed by atoms with Crippen LogP contribution in [0.3, 0.4) is 0 Å². The first-order chi connectivity index (χ1) is 18.9. The molecule has 0 bridgehead atoms. The first kappa shape index (κ1) is 30.9. The van der Waals surface area contributed by atoms with Crippen LogP contribution in [0.1, 0.15) is 48.1 Å². The Morgan fingerprint density at radius 1 is 0.900 bits per heavy atom. The molecule has 8 heteroatoms. The number of hydrogen-bond acceptors (Lipinski definition) is 4. The molecule has 3 rings (SSSR count). The minimum absolute atomic E-state index is 0.0795. The summed E-state index contributed by atoms with van der Waals surface area (Å²) in [5.74, 6) is -0.718. The van der Waals surface area contributed by atoms with E-state index in [2.05, 4.69) is 5.32 Å². The van der Waals surface area contributed by atoms with Crippen LogP contribution in [0.5, 0.6) is 0 Å². The molecule has 7 nitrogen and oxygen atoms in total. The van der Waals surface area contributed by atoms with Gasteiger partial charge >= 0.3 is 0 Å². The number of hydrogen-bond donors (Lipinski definition) is 1. The minimum Gasteiger partial charge on any atom is -0.352 e. The molecule has 2 atom stereocenters. The number of rotatable bonds is 12. The van der Waals surface area contributed by atoms with Crippen LogP contribution in [0.25, 0.3) is 0 Å². The zero-order valence-corrected chi connectivity index (χ0v) is 25.2. The van der Waals surface area contributed by atoms with Gasteiger partial charge in [0.15, 0.2) is 0 Å². The smallest absolute Gasteiger partial charge is 0.244 e. The molecule has 0 aromatic heterocycles. The van der Waals surface area contributed by atoms with Gasteiger partial charge < -0.3 is 10.2 Å². The van der Waals surface area contributed by atoms with Gasteiger partial charge in [-0.1, -0.05) is 79.2 Å². The van der Waals surface area contributed by atoms with Crippen molar-refractivity contribution in [3.05, 3.63) is 101 Å². The predicted molar refractivity (Wildman–Crippen MR) is 162 cm³/mol. The Balaban J connectivity index is 2.09. The zero-order chi connectivity index (χ0) is 29.4. The molecule has 0 aliphatic heterocycles. The number of amides is 2. The molecule has 40 heavy (non-hydrogen) atoms. The Morgan fingerprint density at radius 2 is 1.55 bits per heavy atom. The van der Waals surface area contributed by atoms with Crippen LogP contribution in [0.4, 0.5) is 5.69 Å². The number of sulfonamides is 1. The standard InChI is InChI=1S/C32H41N3O4S/c1-7-25(4)33-32(37)30(20-27-15-9-8-10-16-27)34(21-28-17-11-13-23(2)19-28)31(36)22-35(40(6,38)39)29-18-12-14-24(3)26(29)5/h8-19,25,30H,7,20-22H2,1-6H3,(H,33,37)/t25-,30-/m1/s1. The lowest BCUT2D eigenvalue weighted by Gasteiger charge is -2.34. The third-order valence-corrected chi connectivity index (χ3v) is 8.36. The fourth-order valence-corrected chi connectivity index (χ4v) is 5.50. The molecule has 214 valence electrons. The Kier molecular flexibility index (Phi) is 10.5. The van der Waals surface area contributed by atoms with Crippen molar-refractivity contribution in [2.75, 3.05) is 17.1 Å². The summed E-state index contributed by atoms with van der Waals surface area (Å²) in [5, 5.41) is 3.05. The Bertz CT molecular complexity index is 1420. The van der Waals surface area contributed by atoms with Gasteiger partial charge in [-0.05, 0) is 62.4 Å². The maximum Gasteiger partial charge on any atom is 0.244 e. The summed E-state index contributed by atoms with van der Waals surface area (Å²) in [6.07, 6.45) is 2.14. The molecule has 0 aliphatic rings. The molecular formula is C32H41N3O4S. The lowest BCUT2D eigenvalue weighted by atomic mass is 10.0. The molecule has 0 unspecified atom stereocenters. The van der Waals surface area contributed by atoms with Gasteiger partial charge in [0.1, 0.15) is 12.6 Å². The Hall–Kier alpha value is -3.65. The fourth-order valence-electron chi connectivity index (χ4n) is 4.60. The molecular weight excluding hydrogens is 522 g/mol. The first-order valence-corrected chi connectivity index (χ1v) is 15.5. The molecule has 2 amide bonds. The maximum atomic E-state index is 14.2. The molecule has 3 aromatic rings. The molecule has 1 N–H and O–H groups in total.